The van der Waals surface area contributed by atoms with Crippen LogP contribution in [0.5, 0.6) is 0 Å². The van der Waals surface area contributed by atoms with Crippen molar-refractivity contribution in [3.63, 3.8) is 0 Å². The molecule has 0 heterocycles. The maximum Gasteiger partial charge on any atom is 0.322 e. The van der Waals surface area contributed by atoms with Crippen molar-refractivity contribution in [2.45, 2.75) is 12.0 Å². The zero-order chi connectivity index (χ0) is 10.6. The number of hydrogen-bond donors (Lipinski definition) is 2. The van der Waals surface area contributed by atoms with E-state index in [-0.39, 0.29) is 0 Å². The van der Waals surface area contributed by atoms with Crippen molar-refractivity contribution >= 4 is 5.97 Å². The fourth-order valence-electron chi connectivity index (χ4n) is 1.21. The quantitative estimate of drug-likeness (QED) is 0.692. The molecule has 0 aromatic heterocycles. The first-order valence-corrected chi connectivity index (χ1v) is 4.16. The Balaban J connectivity index is 2.95. The molecule has 0 aliphatic heterocycles. The number of terminal acetylenes is 1. The van der Waals surface area contributed by atoms with E-state index in [4.69, 9.17) is 17.3 Å². The van der Waals surface area contributed by atoms with Crippen LogP contribution in [0.2, 0.25) is 0 Å². The molecule has 1 aromatic carbocycles. The molecule has 0 aliphatic rings. The number of aliphatic carboxylic acids is 1. The second-order valence-electron chi connectivity index (χ2n) is 2.92. The van der Waals surface area contributed by atoms with Crippen LogP contribution in [0.3, 0.4) is 0 Å². The van der Waals surface area contributed by atoms with Crippen LogP contribution in [0, 0.1) is 12.3 Å². The van der Waals surface area contributed by atoms with Crippen LogP contribution in [0.15, 0.2) is 30.3 Å². The normalized spacial score (nSPS) is 14.0. The second kappa shape index (κ2) is 4.45. The van der Waals surface area contributed by atoms with E-state index in [2.05, 4.69) is 5.92 Å². The first-order valence-electron chi connectivity index (χ1n) is 4.16. The van der Waals surface area contributed by atoms with Crippen LogP contribution in [0.25, 0.3) is 0 Å². The Morgan fingerprint density at radius 3 is 2.43 bits per heavy atom. The van der Waals surface area contributed by atoms with Gasteiger partial charge in [-0.2, -0.15) is 0 Å². The molecule has 0 aliphatic carbocycles. The summed E-state index contributed by atoms with van der Waals surface area (Å²) in [5.74, 6) is 0.732. The molecule has 0 saturated heterocycles. The van der Waals surface area contributed by atoms with E-state index in [0.717, 1.165) is 5.56 Å². The number of hydrogen-bond acceptors (Lipinski definition) is 2. The Bertz CT molecular complexity index is 353. The van der Waals surface area contributed by atoms with Crippen LogP contribution in [0.4, 0.5) is 0 Å². The van der Waals surface area contributed by atoms with Gasteiger partial charge in [-0.3, -0.25) is 4.79 Å². The zero-order valence-electron chi connectivity index (χ0n) is 7.55. The van der Waals surface area contributed by atoms with Gasteiger partial charge in [0.1, 0.15) is 6.04 Å². The third-order valence-corrected chi connectivity index (χ3v) is 1.98. The number of carboxylic acid groups (broad SMARTS) is 1. The summed E-state index contributed by atoms with van der Waals surface area (Å²) in [4.78, 5) is 10.7. The van der Waals surface area contributed by atoms with Crippen molar-refractivity contribution in [1.29, 1.82) is 0 Å². The Kier molecular flexibility index (Phi) is 3.27. The molecular formula is C11H11NO2. The molecule has 0 radical (unpaired) electrons. The van der Waals surface area contributed by atoms with Gasteiger partial charge in [0, 0.05) is 0 Å². The average molecular weight is 189 g/mol. The molecule has 72 valence electrons. The molecular weight excluding hydrogens is 178 g/mol. The van der Waals surface area contributed by atoms with Crippen molar-refractivity contribution < 1.29 is 9.90 Å². The molecule has 0 bridgehead atoms. The van der Waals surface area contributed by atoms with Crippen molar-refractivity contribution in [2.75, 3.05) is 0 Å². The minimum Gasteiger partial charge on any atom is -0.480 e. The van der Waals surface area contributed by atoms with Crippen LogP contribution < -0.4 is 5.73 Å². The molecule has 3 heteroatoms. The minimum atomic E-state index is -1.09. The minimum absolute atomic E-state index is 0.575. The average Bonchev–Trinajstić information content (AvgIpc) is 2.20. The Morgan fingerprint density at radius 1 is 1.43 bits per heavy atom. The molecule has 14 heavy (non-hydrogen) atoms. The van der Waals surface area contributed by atoms with Crippen LogP contribution in [-0.4, -0.2) is 17.1 Å². The first kappa shape index (κ1) is 10.3. The Morgan fingerprint density at radius 2 is 2.00 bits per heavy atom. The van der Waals surface area contributed by atoms with Gasteiger partial charge in [0.2, 0.25) is 0 Å². The lowest BCUT2D eigenvalue weighted by Gasteiger charge is -2.14. The summed E-state index contributed by atoms with van der Waals surface area (Å²) in [6, 6.07) is 7.93. The van der Waals surface area contributed by atoms with E-state index in [1.807, 2.05) is 6.07 Å². The third-order valence-electron chi connectivity index (χ3n) is 1.98. The van der Waals surface area contributed by atoms with E-state index in [1.165, 1.54) is 0 Å². The molecule has 3 nitrogen and oxygen atoms in total. The molecule has 0 saturated carbocycles. The van der Waals surface area contributed by atoms with Crippen molar-refractivity contribution in [3.8, 4) is 12.3 Å². The number of rotatable bonds is 3. The van der Waals surface area contributed by atoms with E-state index in [1.54, 1.807) is 24.3 Å². The molecule has 1 rings (SSSR count). The third kappa shape index (κ3) is 2.12. The summed E-state index contributed by atoms with van der Waals surface area (Å²) < 4.78 is 0. The van der Waals surface area contributed by atoms with Gasteiger partial charge < -0.3 is 10.8 Å². The number of carboxylic acids is 1. The molecule has 0 amide bonds. The van der Waals surface area contributed by atoms with Crippen LogP contribution in [0.1, 0.15) is 11.5 Å². The Labute approximate surface area is 82.6 Å². The summed E-state index contributed by atoms with van der Waals surface area (Å²) >= 11 is 0. The molecule has 2 unspecified atom stereocenters. The lowest BCUT2D eigenvalue weighted by atomic mass is 9.93. The van der Waals surface area contributed by atoms with E-state index in [0.29, 0.717) is 0 Å². The lowest BCUT2D eigenvalue weighted by molar-refractivity contribution is -0.138. The molecule has 3 N–H and O–H groups in total. The van der Waals surface area contributed by atoms with E-state index >= 15 is 0 Å². The summed E-state index contributed by atoms with van der Waals surface area (Å²) in [5.41, 5.74) is 6.22. The summed E-state index contributed by atoms with van der Waals surface area (Å²) in [5, 5.41) is 8.72. The largest absolute Gasteiger partial charge is 0.480 e. The van der Waals surface area contributed by atoms with Crippen molar-refractivity contribution in [1.82, 2.24) is 0 Å². The fourth-order valence-corrected chi connectivity index (χ4v) is 1.21. The van der Waals surface area contributed by atoms with Gasteiger partial charge in [0.15, 0.2) is 0 Å². The van der Waals surface area contributed by atoms with E-state index in [9.17, 15) is 4.79 Å². The van der Waals surface area contributed by atoms with Gasteiger partial charge in [0.05, 0.1) is 5.92 Å². The summed E-state index contributed by atoms with van der Waals surface area (Å²) in [6.07, 6.45) is 5.25. The first-order chi connectivity index (χ1) is 6.66. The summed E-state index contributed by atoms with van der Waals surface area (Å²) in [6.45, 7) is 0. The summed E-state index contributed by atoms with van der Waals surface area (Å²) in [7, 11) is 0. The predicted octanol–water partition coefficient (Wildman–Crippen LogP) is 0.815. The van der Waals surface area contributed by atoms with Gasteiger partial charge in [0.25, 0.3) is 0 Å². The van der Waals surface area contributed by atoms with Crippen LogP contribution in [-0.2, 0) is 4.79 Å². The monoisotopic (exact) mass is 189 g/mol. The highest BCUT2D eigenvalue weighted by molar-refractivity contribution is 5.75. The number of benzene rings is 1. The smallest absolute Gasteiger partial charge is 0.322 e. The number of nitrogens with two attached hydrogens (primary N) is 1. The SMILES string of the molecule is C#CC(c1ccccc1)C(N)C(=O)O. The van der Waals surface area contributed by atoms with Gasteiger partial charge in [-0.05, 0) is 5.56 Å². The van der Waals surface area contributed by atoms with Crippen molar-refractivity contribution in [2.24, 2.45) is 5.73 Å². The maximum absolute atomic E-state index is 10.7. The lowest BCUT2D eigenvalue weighted by Crippen LogP contribution is -2.35. The van der Waals surface area contributed by atoms with Gasteiger partial charge >= 0.3 is 5.97 Å². The van der Waals surface area contributed by atoms with Gasteiger partial charge in [-0.15, -0.1) is 6.42 Å². The standard InChI is InChI=1S/C11H11NO2/c1-2-9(10(12)11(13)14)8-6-4-3-5-7-8/h1,3-7,9-10H,12H2,(H,13,14). The fraction of sp³-hybridized carbons (Fsp3) is 0.182. The molecule has 0 spiro atoms. The van der Waals surface area contributed by atoms with Crippen molar-refractivity contribution in [3.05, 3.63) is 35.9 Å². The highest BCUT2D eigenvalue weighted by Gasteiger charge is 2.23. The zero-order valence-corrected chi connectivity index (χ0v) is 7.55. The van der Waals surface area contributed by atoms with Gasteiger partial charge in [-0.25, -0.2) is 0 Å². The Hall–Kier alpha value is -1.79. The number of carbonyl (C=O) groups is 1. The maximum atomic E-state index is 10.7. The molecule has 1 aromatic rings. The van der Waals surface area contributed by atoms with E-state index < -0.39 is 17.9 Å². The van der Waals surface area contributed by atoms with Crippen LogP contribution >= 0.6 is 0 Å². The van der Waals surface area contributed by atoms with Gasteiger partial charge in [-0.1, -0.05) is 36.3 Å². The highest BCUT2D eigenvalue weighted by Crippen LogP contribution is 2.17. The highest BCUT2D eigenvalue weighted by atomic mass is 16.4. The molecule has 2 atom stereocenters. The molecule has 0 fully saturated rings. The second-order valence-corrected chi connectivity index (χ2v) is 2.92. The topological polar surface area (TPSA) is 63.3 Å². The predicted molar refractivity (Wildman–Crippen MR) is 53.6 cm³/mol.